The Morgan fingerprint density at radius 2 is 1.69 bits per heavy atom. The van der Waals surface area contributed by atoms with Crippen molar-refractivity contribution in [3.63, 3.8) is 0 Å². The number of halogens is 1. The number of ether oxygens (including phenoxy) is 1. The molecule has 1 aliphatic heterocycles. The van der Waals surface area contributed by atoms with Gasteiger partial charge in [-0.05, 0) is 54.4 Å². The summed E-state index contributed by atoms with van der Waals surface area (Å²) in [5.74, 6) is 1.57. The third kappa shape index (κ3) is 5.18. The van der Waals surface area contributed by atoms with Gasteiger partial charge in [0.1, 0.15) is 17.9 Å². The fourth-order valence-electron chi connectivity index (χ4n) is 5.03. The molecule has 39 heavy (non-hydrogen) atoms. The van der Waals surface area contributed by atoms with E-state index in [0.717, 1.165) is 39.2 Å². The smallest absolute Gasteiger partial charge is 0.260 e. The number of rotatable bonds is 6. The summed E-state index contributed by atoms with van der Waals surface area (Å²) in [7, 11) is 0. The molecule has 7 nitrogen and oxygen atoms in total. The summed E-state index contributed by atoms with van der Waals surface area (Å²) >= 11 is 6.16. The van der Waals surface area contributed by atoms with Gasteiger partial charge in [-0.1, -0.05) is 54.1 Å². The summed E-state index contributed by atoms with van der Waals surface area (Å²) in [4.78, 5) is 26.4. The lowest BCUT2D eigenvalue weighted by atomic mass is 10.1. The average Bonchev–Trinajstić information content (AvgIpc) is 3.37. The maximum atomic E-state index is 12.9. The molecule has 3 aromatic carbocycles. The first kappa shape index (κ1) is 24.9. The molecule has 1 amide bonds. The third-order valence-electron chi connectivity index (χ3n) is 7.04. The van der Waals surface area contributed by atoms with Crippen molar-refractivity contribution in [3.8, 4) is 22.6 Å². The van der Waals surface area contributed by atoms with E-state index in [1.54, 1.807) is 6.33 Å². The molecule has 2 aromatic heterocycles. The number of benzene rings is 3. The number of hydrogen-bond acceptors (Lipinski definition) is 5. The van der Waals surface area contributed by atoms with Crippen LogP contribution < -0.4 is 9.64 Å². The molecule has 0 spiro atoms. The highest BCUT2D eigenvalue weighted by atomic mass is 35.5. The monoisotopic (exact) mass is 537 g/mol. The van der Waals surface area contributed by atoms with E-state index < -0.39 is 0 Å². The minimum Gasteiger partial charge on any atom is -0.484 e. The predicted molar refractivity (Wildman–Crippen MR) is 155 cm³/mol. The highest BCUT2D eigenvalue weighted by molar-refractivity contribution is 6.30. The second-order valence-electron chi connectivity index (χ2n) is 9.62. The predicted octanol–water partition coefficient (Wildman–Crippen LogP) is 5.78. The molecule has 0 atom stereocenters. The zero-order chi connectivity index (χ0) is 26.8. The zero-order valence-electron chi connectivity index (χ0n) is 21.6. The Morgan fingerprint density at radius 1 is 0.923 bits per heavy atom. The number of aromatic nitrogens is 3. The van der Waals surface area contributed by atoms with Crippen LogP contribution in [0, 0.1) is 6.92 Å². The Morgan fingerprint density at radius 3 is 2.44 bits per heavy atom. The average molecular weight is 538 g/mol. The van der Waals surface area contributed by atoms with Crippen LogP contribution in [0.15, 0.2) is 91.4 Å². The first-order chi connectivity index (χ1) is 19.1. The molecule has 0 aliphatic carbocycles. The lowest BCUT2D eigenvalue weighted by Gasteiger charge is -2.35. The van der Waals surface area contributed by atoms with Crippen molar-refractivity contribution < 1.29 is 9.53 Å². The topological polar surface area (TPSA) is 63.5 Å². The SMILES string of the molecule is Cc1cccc(OCC(=O)N2CCN(c3ncnc4c3c(-c3ccccc3)cn4-c3ccc(Cl)cc3)CC2)c1. The van der Waals surface area contributed by atoms with Crippen LogP contribution in [0.2, 0.25) is 5.02 Å². The number of fused-ring (bicyclic) bond motifs is 1. The maximum Gasteiger partial charge on any atom is 0.260 e. The van der Waals surface area contributed by atoms with E-state index in [0.29, 0.717) is 37.0 Å². The number of aryl methyl sites for hydroxylation is 1. The van der Waals surface area contributed by atoms with Gasteiger partial charge in [0, 0.05) is 48.6 Å². The highest BCUT2D eigenvalue weighted by Gasteiger charge is 2.26. The molecule has 1 fully saturated rings. The summed E-state index contributed by atoms with van der Waals surface area (Å²) < 4.78 is 7.84. The quantitative estimate of drug-likeness (QED) is 0.275. The van der Waals surface area contributed by atoms with E-state index in [9.17, 15) is 4.79 Å². The van der Waals surface area contributed by atoms with E-state index >= 15 is 0 Å². The van der Waals surface area contributed by atoms with Crippen molar-refractivity contribution in [2.45, 2.75) is 6.92 Å². The minimum atomic E-state index is -0.0112. The van der Waals surface area contributed by atoms with Gasteiger partial charge in [0.05, 0.1) is 5.39 Å². The lowest BCUT2D eigenvalue weighted by Crippen LogP contribution is -2.50. The fourth-order valence-corrected chi connectivity index (χ4v) is 5.16. The molecule has 0 radical (unpaired) electrons. The molecule has 5 aromatic rings. The van der Waals surface area contributed by atoms with E-state index in [4.69, 9.17) is 26.3 Å². The fraction of sp³-hybridized carbons (Fsp3) is 0.194. The number of amides is 1. The molecular formula is C31H28ClN5O2. The summed E-state index contributed by atoms with van der Waals surface area (Å²) in [5, 5.41) is 1.67. The second-order valence-corrected chi connectivity index (χ2v) is 10.1. The highest BCUT2D eigenvalue weighted by Crippen LogP contribution is 2.37. The molecule has 8 heteroatoms. The number of piperazine rings is 1. The van der Waals surface area contributed by atoms with Crippen molar-refractivity contribution in [2.75, 3.05) is 37.7 Å². The Kier molecular flexibility index (Phi) is 6.90. The summed E-state index contributed by atoms with van der Waals surface area (Å²) in [6, 6.07) is 25.8. The van der Waals surface area contributed by atoms with Crippen LogP contribution in [-0.4, -0.2) is 58.1 Å². The number of anilines is 1. The standard InChI is InChI=1S/C31H28ClN5O2/c1-22-6-5-9-26(18-22)39-20-28(38)35-14-16-36(17-15-35)30-29-27(23-7-3-2-4-8-23)19-37(31(29)34-21-33-30)25-12-10-24(32)11-13-25/h2-13,18-19,21H,14-17,20H2,1H3. The number of carbonyl (C=O) groups excluding carboxylic acids is 1. The first-order valence-electron chi connectivity index (χ1n) is 13.0. The van der Waals surface area contributed by atoms with Crippen LogP contribution in [0.3, 0.4) is 0 Å². The molecule has 0 N–H and O–H groups in total. The number of nitrogens with zero attached hydrogens (tertiary/aromatic N) is 5. The largest absolute Gasteiger partial charge is 0.484 e. The van der Waals surface area contributed by atoms with Crippen molar-refractivity contribution in [1.82, 2.24) is 19.4 Å². The van der Waals surface area contributed by atoms with Crippen LogP contribution in [0.4, 0.5) is 5.82 Å². The van der Waals surface area contributed by atoms with Gasteiger partial charge < -0.3 is 19.1 Å². The first-order valence-corrected chi connectivity index (χ1v) is 13.3. The molecule has 0 bridgehead atoms. The van der Waals surface area contributed by atoms with Crippen molar-refractivity contribution >= 4 is 34.4 Å². The van der Waals surface area contributed by atoms with E-state index in [2.05, 4.69) is 27.8 Å². The molecule has 6 rings (SSSR count). The van der Waals surface area contributed by atoms with Crippen molar-refractivity contribution in [3.05, 3.63) is 102 Å². The molecule has 0 saturated carbocycles. The Balaban J connectivity index is 1.27. The summed E-state index contributed by atoms with van der Waals surface area (Å²) in [6.07, 6.45) is 3.73. The van der Waals surface area contributed by atoms with Gasteiger partial charge >= 0.3 is 0 Å². The zero-order valence-corrected chi connectivity index (χ0v) is 22.4. The summed E-state index contributed by atoms with van der Waals surface area (Å²) in [5.41, 5.74) is 5.05. The Labute approximate surface area is 232 Å². The van der Waals surface area contributed by atoms with Gasteiger partial charge in [-0.25, -0.2) is 9.97 Å². The molecule has 1 aliphatic rings. The third-order valence-corrected chi connectivity index (χ3v) is 7.29. The van der Waals surface area contributed by atoms with Gasteiger partial charge in [-0.3, -0.25) is 4.79 Å². The van der Waals surface area contributed by atoms with E-state index in [-0.39, 0.29) is 12.5 Å². The molecule has 1 saturated heterocycles. The number of carbonyl (C=O) groups is 1. The van der Waals surface area contributed by atoms with Crippen LogP contribution in [0.1, 0.15) is 5.56 Å². The lowest BCUT2D eigenvalue weighted by molar-refractivity contribution is -0.133. The van der Waals surface area contributed by atoms with E-state index in [1.807, 2.05) is 78.6 Å². The van der Waals surface area contributed by atoms with Crippen molar-refractivity contribution in [1.29, 1.82) is 0 Å². The van der Waals surface area contributed by atoms with Gasteiger partial charge in [-0.2, -0.15) is 0 Å². The second kappa shape index (κ2) is 10.8. The van der Waals surface area contributed by atoms with E-state index in [1.165, 1.54) is 0 Å². The van der Waals surface area contributed by atoms with Gasteiger partial charge in [0.15, 0.2) is 12.3 Å². The van der Waals surface area contributed by atoms with Gasteiger partial charge in [0.25, 0.3) is 5.91 Å². The molecule has 196 valence electrons. The van der Waals surface area contributed by atoms with Gasteiger partial charge in [-0.15, -0.1) is 0 Å². The Hall–Kier alpha value is -4.36. The Bertz CT molecular complexity index is 1610. The van der Waals surface area contributed by atoms with Crippen LogP contribution in [0.25, 0.3) is 27.8 Å². The minimum absolute atomic E-state index is 0.0112. The summed E-state index contributed by atoms with van der Waals surface area (Å²) in [6.45, 7) is 4.57. The van der Waals surface area contributed by atoms with Gasteiger partial charge in [0.2, 0.25) is 0 Å². The maximum absolute atomic E-state index is 12.9. The van der Waals surface area contributed by atoms with Crippen LogP contribution >= 0.6 is 11.6 Å². The van der Waals surface area contributed by atoms with Crippen molar-refractivity contribution in [2.24, 2.45) is 0 Å². The molecule has 3 heterocycles. The van der Waals surface area contributed by atoms with Crippen LogP contribution in [-0.2, 0) is 4.79 Å². The van der Waals surface area contributed by atoms with Crippen LogP contribution in [0.5, 0.6) is 5.75 Å². The normalized spacial score (nSPS) is 13.6. The molecular weight excluding hydrogens is 510 g/mol. The number of hydrogen-bond donors (Lipinski definition) is 0. The molecule has 0 unspecified atom stereocenters.